The van der Waals surface area contributed by atoms with Crippen LogP contribution in [0, 0.1) is 13.8 Å². The van der Waals surface area contributed by atoms with Crippen molar-refractivity contribution in [3.8, 4) is 0 Å². The monoisotopic (exact) mass is 468 g/mol. The molecule has 1 unspecified atom stereocenters. The predicted molar refractivity (Wildman–Crippen MR) is 124 cm³/mol. The number of hydrogen-bond acceptors (Lipinski definition) is 6. The lowest BCUT2D eigenvalue weighted by Crippen LogP contribution is -3.11. The number of carbonyl (C=O) groups excluding carboxylic acids is 3. The fourth-order valence-electron chi connectivity index (χ4n) is 4.63. The molecule has 1 aliphatic rings. The fourth-order valence-corrected chi connectivity index (χ4v) is 4.63. The SMILES string of the molecule is CC[NH+](CC)CCCN1C(=O)C(=O)C(=C([O-])c2c(C)[nH]c(C(=O)OC)c2C)C1c1ccncc1. The summed E-state index contributed by atoms with van der Waals surface area (Å²) in [4.78, 5) is 48.2. The maximum Gasteiger partial charge on any atom is 0.354 e. The molecular formula is C25H32N4O5. The summed E-state index contributed by atoms with van der Waals surface area (Å²) in [7, 11) is 1.25. The second kappa shape index (κ2) is 10.6. The number of nitrogens with zero attached hydrogens (tertiary/aromatic N) is 2. The second-order valence-corrected chi connectivity index (χ2v) is 8.43. The van der Waals surface area contributed by atoms with Crippen molar-refractivity contribution in [2.45, 2.75) is 40.2 Å². The predicted octanol–water partition coefficient (Wildman–Crippen LogP) is 0.352. The first-order valence-corrected chi connectivity index (χ1v) is 11.5. The van der Waals surface area contributed by atoms with Gasteiger partial charge in [0.1, 0.15) is 5.69 Å². The number of aromatic amines is 1. The Hall–Kier alpha value is -3.46. The van der Waals surface area contributed by atoms with Gasteiger partial charge in [0.15, 0.2) is 0 Å². The minimum Gasteiger partial charge on any atom is -0.872 e. The topological polar surface area (TPSA) is 120 Å². The fraction of sp³-hybridized carbons (Fsp3) is 0.440. The van der Waals surface area contributed by atoms with Crippen molar-refractivity contribution in [3.63, 3.8) is 0 Å². The molecule has 1 fully saturated rings. The second-order valence-electron chi connectivity index (χ2n) is 8.43. The van der Waals surface area contributed by atoms with E-state index in [0.29, 0.717) is 29.8 Å². The van der Waals surface area contributed by atoms with Crippen molar-refractivity contribution in [2.75, 3.05) is 33.3 Å². The highest BCUT2D eigenvalue weighted by atomic mass is 16.5. The number of ether oxygens (including phenoxy) is 1. The quantitative estimate of drug-likeness (QED) is 0.237. The van der Waals surface area contributed by atoms with Crippen LogP contribution in [-0.4, -0.2) is 65.8 Å². The Morgan fingerprint density at radius 2 is 1.85 bits per heavy atom. The van der Waals surface area contributed by atoms with Crippen LogP contribution >= 0.6 is 0 Å². The molecule has 1 atom stereocenters. The number of aromatic nitrogens is 2. The van der Waals surface area contributed by atoms with Crippen LogP contribution < -0.4 is 10.0 Å². The van der Waals surface area contributed by atoms with Crippen LogP contribution in [0.1, 0.15) is 59.2 Å². The van der Waals surface area contributed by atoms with Crippen molar-refractivity contribution < 1.29 is 29.1 Å². The molecule has 182 valence electrons. The lowest BCUT2D eigenvalue weighted by molar-refractivity contribution is -0.896. The van der Waals surface area contributed by atoms with E-state index in [1.807, 2.05) is 0 Å². The van der Waals surface area contributed by atoms with Gasteiger partial charge < -0.3 is 24.6 Å². The summed E-state index contributed by atoms with van der Waals surface area (Å²) in [5, 5.41) is 13.7. The summed E-state index contributed by atoms with van der Waals surface area (Å²) in [6.45, 7) is 10.7. The van der Waals surface area contributed by atoms with Gasteiger partial charge in [0.05, 0.1) is 32.8 Å². The molecule has 0 aliphatic carbocycles. The first-order valence-electron chi connectivity index (χ1n) is 11.5. The molecule has 2 aromatic heterocycles. The molecule has 0 radical (unpaired) electrons. The maximum absolute atomic E-state index is 13.7. The first kappa shape index (κ1) is 25.2. The van der Waals surface area contributed by atoms with Crippen LogP contribution in [0.4, 0.5) is 0 Å². The zero-order valence-electron chi connectivity index (χ0n) is 20.4. The molecule has 34 heavy (non-hydrogen) atoms. The van der Waals surface area contributed by atoms with Crippen LogP contribution in [-0.2, 0) is 14.3 Å². The van der Waals surface area contributed by atoms with E-state index < -0.39 is 29.5 Å². The van der Waals surface area contributed by atoms with Gasteiger partial charge in [-0.3, -0.25) is 14.6 Å². The van der Waals surface area contributed by atoms with E-state index in [4.69, 9.17) is 4.74 Å². The minimum absolute atomic E-state index is 0.104. The van der Waals surface area contributed by atoms with Crippen molar-refractivity contribution in [3.05, 3.63) is 58.2 Å². The number of aryl methyl sites for hydroxylation is 1. The number of methoxy groups -OCH3 is 1. The van der Waals surface area contributed by atoms with Crippen LogP contribution in [0.2, 0.25) is 0 Å². The largest absolute Gasteiger partial charge is 0.872 e. The smallest absolute Gasteiger partial charge is 0.354 e. The number of ketones is 1. The minimum atomic E-state index is -0.808. The number of carbonyl (C=O) groups is 3. The molecule has 9 heteroatoms. The molecule has 0 bridgehead atoms. The van der Waals surface area contributed by atoms with E-state index in [-0.39, 0.29) is 16.8 Å². The molecule has 1 aliphatic heterocycles. The number of likely N-dealkylation sites (tertiary alicyclic amines) is 1. The molecule has 3 heterocycles. The third-order valence-corrected chi connectivity index (χ3v) is 6.53. The van der Waals surface area contributed by atoms with Gasteiger partial charge in [-0.1, -0.05) is 5.76 Å². The summed E-state index contributed by atoms with van der Waals surface area (Å²) in [6, 6.07) is 2.62. The van der Waals surface area contributed by atoms with Crippen LogP contribution in [0.5, 0.6) is 0 Å². The number of Topliss-reactive ketones (excluding diaryl/α,β-unsaturated/α-hetero) is 1. The van der Waals surface area contributed by atoms with Gasteiger partial charge in [0, 0.05) is 36.6 Å². The van der Waals surface area contributed by atoms with Crippen molar-refractivity contribution in [1.82, 2.24) is 14.9 Å². The van der Waals surface area contributed by atoms with Gasteiger partial charge in [-0.05, 0) is 56.5 Å². The average molecular weight is 469 g/mol. The van der Waals surface area contributed by atoms with Crippen LogP contribution in [0.3, 0.4) is 0 Å². The molecule has 1 amide bonds. The normalized spacial score (nSPS) is 17.6. The molecule has 2 aromatic rings. The highest BCUT2D eigenvalue weighted by molar-refractivity contribution is 6.46. The number of quaternary nitrogens is 1. The van der Waals surface area contributed by atoms with Gasteiger partial charge in [-0.2, -0.15) is 0 Å². The van der Waals surface area contributed by atoms with E-state index in [2.05, 4.69) is 23.8 Å². The van der Waals surface area contributed by atoms with E-state index in [9.17, 15) is 19.5 Å². The third kappa shape index (κ3) is 4.61. The summed E-state index contributed by atoms with van der Waals surface area (Å²) in [5.41, 5.74) is 1.73. The number of hydrogen-bond donors (Lipinski definition) is 2. The van der Waals surface area contributed by atoms with E-state index in [1.54, 1.807) is 38.4 Å². The standard InChI is InChI=1S/C25H32N4O5/c1-6-28(7-2)13-8-14-29-21(17-9-11-26-12-10-17)19(23(31)24(29)32)22(30)18-15(3)20(25(33)34-5)27-16(18)4/h9-12,21,27,30H,6-8,13-14H2,1-5H3. The van der Waals surface area contributed by atoms with Gasteiger partial charge in [0.2, 0.25) is 5.78 Å². The Bertz CT molecular complexity index is 1100. The van der Waals surface area contributed by atoms with E-state index in [0.717, 1.165) is 19.6 Å². The molecule has 0 spiro atoms. The van der Waals surface area contributed by atoms with Gasteiger partial charge in [0.25, 0.3) is 5.91 Å². The first-order chi connectivity index (χ1) is 16.3. The Labute approximate surface area is 199 Å². The number of nitrogens with one attached hydrogen (secondary N) is 2. The lowest BCUT2D eigenvalue weighted by atomic mass is 9.94. The number of amides is 1. The summed E-state index contributed by atoms with van der Waals surface area (Å²) < 4.78 is 4.79. The molecule has 1 saturated heterocycles. The van der Waals surface area contributed by atoms with Crippen molar-refractivity contribution in [1.29, 1.82) is 0 Å². The molecule has 9 nitrogen and oxygen atoms in total. The molecule has 3 rings (SSSR count). The Morgan fingerprint density at radius 1 is 1.21 bits per heavy atom. The van der Waals surface area contributed by atoms with Crippen molar-refractivity contribution >= 4 is 23.4 Å². The number of esters is 1. The number of pyridine rings is 1. The Kier molecular flexibility index (Phi) is 7.88. The molecule has 0 saturated carbocycles. The Morgan fingerprint density at radius 3 is 2.44 bits per heavy atom. The van der Waals surface area contributed by atoms with Gasteiger partial charge in [-0.15, -0.1) is 0 Å². The molecule has 2 N–H and O–H groups in total. The van der Waals surface area contributed by atoms with Crippen LogP contribution in [0.25, 0.3) is 5.76 Å². The third-order valence-electron chi connectivity index (χ3n) is 6.53. The highest BCUT2D eigenvalue weighted by Gasteiger charge is 2.44. The highest BCUT2D eigenvalue weighted by Crippen LogP contribution is 2.39. The zero-order chi connectivity index (χ0) is 25.0. The van der Waals surface area contributed by atoms with Crippen molar-refractivity contribution in [2.24, 2.45) is 0 Å². The van der Waals surface area contributed by atoms with Gasteiger partial charge in [-0.25, -0.2) is 4.79 Å². The zero-order valence-corrected chi connectivity index (χ0v) is 20.4. The van der Waals surface area contributed by atoms with E-state index in [1.165, 1.54) is 16.9 Å². The summed E-state index contributed by atoms with van der Waals surface area (Å²) in [6.07, 6.45) is 3.85. The van der Waals surface area contributed by atoms with Gasteiger partial charge >= 0.3 is 5.97 Å². The Balaban J connectivity index is 2.09. The van der Waals surface area contributed by atoms with Crippen LogP contribution in [0.15, 0.2) is 30.1 Å². The summed E-state index contributed by atoms with van der Waals surface area (Å²) >= 11 is 0. The molecule has 0 aromatic carbocycles. The molecular weight excluding hydrogens is 436 g/mol. The number of rotatable bonds is 9. The lowest BCUT2D eigenvalue weighted by Gasteiger charge is -2.28. The summed E-state index contributed by atoms with van der Waals surface area (Å²) in [5.74, 6) is -2.65. The average Bonchev–Trinajstić information content (AvgIpc) is 3.28. The maximum atomic E-state index is 13.7. The van der Waals surface area contributed by atoms with E-state index >= 15 is 0 Å². The number of H-pyrrole nitrogens is 1.